The molecular weight excluding hydrogens is 214 g/mol. The van der Waals surface area contributed by atoms with Gasteiger partial charge in [0.2, 0.25) is 5.89 Å². The minimum atomic E-state index is 0.118. The molecule has 0 bridgehead atoms. The van der Waals surface area contributed by atoms with Crippen LogP contribution in [0.25, 0.3) is 0 Å². The molecule has 4 heteroatoms. The molecule has 0 unspecified atom stereocenters. The molecule has 1 N–H and O–H groups in total. The fraction of sp³-hybridized carbons (Fsp3) is 0.385. The van der Waals surface area contributed by atoms with Crippen molar-refractivity contribution in [3.8, 4) is 0 Å². The van der Waals surface area contributed by atoms with Gasteiger partial charge in [-0.15, -0.1) is 0 Å². The van der Waals surface area contributed by atoms with Gasteiger partial charge in [0.1, 0.15) is 6.04 Å². The molecule has 3 rings (SSSR count). The number of aromatic nitrogens is 2. The van der Waals surface area contributed by atoms with Crippen LogP contribution in [-0.4, -0.2) is 10.1 Å². The second-order valence-corrected chi connectivity index (χ2v) is 4.70. The highest BCUT2D eigenvalue weighted by molar-refractivity contribution is 5.56. The first-order valence-electron chi connectivity index (χ1n) is 5.92. The predicted octanol–water partition coefficient (Wildman–Crippen LogP) is 2.90. The Hall–Kier alpha value is -1.84. The van der Waals surface area contributed by atoms with E-state index >= 15 is 0 Å². The van der Waals surface area contributed by atoms with Crippen LogP contribution >= 0.6 is 0 Å². The third kappa shape index (κ3) is 1.79. The van der Waals surface area contributed by atoms with Crippen LogP contribution in [0, 0.1) is 0 Å². The van der Waals surface area contributed by atoms with Crippen molar-refractivity contribution in [1.29, 1.82) is 0 Å². The van der Waals surface area contributed by atoms with Crippen LogP contribution in [0.15, 0.2) is 28.8 Å². The maximum Gasteiger partial charge on any atom is 0.249 e. The van der Waals surface area contributed by atoms with E-state index in [1.54, 1.807) is 0 Å². The maximum atomic E-state index is 5.32. The van der Waals surface area contributed by atoms with Gasteiger partial charge in [0, 0.05) is 18.0 Å². The number of nitrogens with one attached hydrogen (secondary N) is 1. The van der Waals surface area contributed by atoms with E-state index in [9.17, 15) is 0 Å². The largest absolute Gasteiger partial charge is 0.373 e. The van der Waals surface area contributed by atoms with Crippen molar-refractivity contribution in [3.63, 3.8) is 0 Å². The van der Waals surface area contributed by atoms with Crippen LogP contribution in [0.3, 0.4) is 0 Å². The molecule has 1 aliphatic heterocycles. The van der Waals surface area contributed by atoms with Crippen molar-refractivity contribution in [2.24, 2.45) is 0 Å². The summed E-state index contributed by atoms with van der Waals surface area (Å²) >= 11 is 0. The van der Waals surface area contributed by atoms with Gasteiger partial charge < -0.3 is 9.84 Å². The zero-order chi connectivity index (χ0) is 11.8. The molecule has 0 saturated heterocycles. The summed E-state index contributed by atoms with van der Waals surface area (Å²) in [7, 11) is 0. The van der Waals surface area contributed by atoms with Crippen molar-refractivity contribution in [2.75, 3.05) is 5.32 Å². The van der Waals surface area contributed by atoms with E-state index < -0.39 is 0 Å². The fourth-order valence-electron chi connectivity index (χ4n) is 2.07. The highest BCUT2D eigenvalue weighted by atomic mass is 16.5. The predicted molar refractivity (Wildman–Crippen MR) is 64.9 cm³/mol. The van der Waals surface area contributed by atoms with Crippen molar-refractivity contribution >= 4 is 5.69 Å². The van der Waals surface area contributed by atoms with Crippen molar-refractivity contribution in [3.05, 3.63) is 41.5 Å². The Balaban J connectivity index is 1.84. The molecule has 1 aliphatic rings. The van der Waals surface area contributed by atoms with Crippen LogP contribution < -0.4 is 5.32 Å². The van der Waals surface area contributed by atoms with Gasteiger partial charge in [0.25, 0.3) is 0 Å². The van der Waals surface area contributed by atoms with E-state index in [0.29, 0.717) is 11.8 Å². The van der Waals surface area contributed by atoms with Gasteiger partial charge in [-0.2, -0.15) is 4.98 Å². The fourth-order valence-corrected chi connectivity index (χ4v) is 2.07. The lowest BCUT2D eigenvalue weighted by Crippen LogP contribution is -2.06. The number of anilines is 1. The highest BCUT2D eigenvalue weighted by Gasteiger charge is 2.26. The molecule has 0 aliphatic carbocycles. The van der Waals surface area contributed by atoms with Gasteiger partial charge in [0.15, 0.2) is 5.82 Å². The summed E-state index contributed by atoms with van der Waals surface area (Å²) in [4.78, 5) is 4.43. The summed E-state index contributed by atoms with van der Waals surface area (Å²) in [6.07, 6.45) is 0.913. The third-order valence-electron chi connectivity index (χ3n) is 3.04. The first kappa shape index (κ1) is 10.3. The molecule has 1 aromatic carbocycles. The molecule has 0 fully saturated rings. The van der Waals surface area contributed by atoms with E-state index in [-0.39, 0.29) is 6.04 Å². The summed E-state index contributed by atoms with van der Waals surface area (Å²) < 4.78 is 5.32. The average Bonchev–Trinajstić information content (AvgIpc) is 2.95. The van der Waals surface area contributed by atoms with Crippen molar-refractivity contribution in [2.45, 2.75) is 32.2 Å². The van der Waals surface area contributed by atoms with E-state index in [1.165, 1.54) is 11.3 Å². The first-order chi connectivity index (χ1) is 8.24. The molecule has 0 spiro atoms. The normalized spacial score (nSPS) is 18.2. The standard InChI is InChI=1S/C13H15N3O/c1-8(2)12-15-13(17-16-12)11-7-9-5-3-4-6-10(9)14-11/h3-6,8,11,14H,7H2,1-2H3/t11-/m0/s1. The molecule has 2 heterocycles. The minimum absolute atomic E-state index is 0.118. The smallest absolute Gasteiger partial charge is 0.249 e. The topological polar surface area (TPSA) is 51.0 Å². The number of benzene rings is 1. The summed E-state index contributed by atoms with van der Waals surface area (Å²) in [6, 6.07) is 8.40. The van der Waals surface area contributed by atoms with Gasteiger partial charge in [0.05, 0.1) is 0 Å². The molecule has 0 amide bonds. The Bertz CT molecular complexity index is 508. The zero-order valence-corrected chi connectivity index (χ0v) is 9.97. The highest BCUT2D eigenvalue weighted by Crippen LogP contribution is 2.33. The van der Waals surface area contributed by atoms with E-state index in [4.69, 9.17) is 4.52 Å². The number of nitrogens with zero attached hydrogens (tertiary/aromatic N) is 2. The molecule has 0 saturated carbocycles. The molecule has 88 valence electrons. The summed E-state index contributed by atoms with van der Waals surface area (Å²) in [5.74, 6) is 1.76. The summed E-state index contributed by atoms with van der Waals surface area (Å²) in [6.45, 7) is 4.12. The molecule has 2 aromatic rings. The van der Waals surface area contributed by atoms with Crippen LogP contribution in [-0.2, 0) is 6.42 Å². The molecule has 4 nitrogen and oxygen atoms in total. The van der Waals surface area contributed by atoms with Crippen LogP contribution in [0.1, 0.15) is 43.1 Å². The number of hydrogen-bond donors (Lipinski definition) is 1. The van der Waals surface area contributed by atoms with Gasteiger partial charge in [-0.25, -0.2) is 0 Å². The lowest BCUT2D eigenvalue weighted by molar-refractivity contribution is 0.358. The van der Waals surface area contributed by atoms with Gasteiger partial charge >= 0.3 is 0 Å². The minimum Gasteiger partial charge on any atom is -0.373 e. The molecule has 17 heavy (non-hydrogen) atoms. The second-order valence-electron chi connectivity index (χ2n) is 4.70. The Labute approximate surface area is 100 Å². The molecule has 0 radical (unpaired) electrons. The van der Waals surface area contributed by atoms with Crippen LogP contribution in [0.5, 0.6) is 0 Å². The van der Waals surface area contributed by atoms with Crippen LogP contribution in [0.2, 0.25) is 0 Å². The van der Waals surface area contributed by atoms with Gasteiger partial charge in [-0.1, -0.05) is 37.2 Å². The van der Waals surface area contributed by atoms with Crippen LogP contribution in [0.4, 0.5) is 5.69 Å². The van der Waals surface area contributed by atoms with E-state index in [0.717, 1.165) is 12.2 Å². The quantitative estimate of drug-likeness (QED) is 0.860. The Kier molecular flexibility index (Phi) is 2.35. The second kappa shape index (κ2) is 3.87. The molecular formula is C13H15N3O. The lowest BCUT2D eigenvalue weighted by Gasteiger charge is -2.04. The number of hydrogen-bond acceptors (Lipinski definition) is 4. The average molecular weight is 229 g/mol. The Morgan fingerprint density at radius 1 is 1.35 bits per heavy atom. The Morgan fingerprint density at radius 3 is 2.88 bits per heavy atom. The molecule has 1 atom stereocenters. The number of rotatable bonds is 2. The van der Waals surface area contributed by atoms with E-state index in [1.807, 2.05) is 6.07 Å². The number of fused-ring (bicyclic) bond motifs is 1. The van der Waals surface area contributed by atoms with Crippen molar-refractivity contribution < 1.29 is 4.52 Å². The maximum absolute atomic E-state index is 5.32. The number of para-hydroxylation sites is 1. The molecule has 1 aromatic heterocycles. The van der Waals surface area contributed by atoms with Gasteiger partial charge in [-0.3, -0.25) is 0 Å². The SMILES string of the molecule is CC(C)c1noc([C@@H]2Cc3ccccc3N2)n1. The monoisotopic (exact) mass is 229 g/mol. The van der Waals surface area contributed by atoms with Gasteiger partial charge in [-0.05, 0) is 11.6 Å². The van der Waals surface area contributed by atoms with E-state index in [2.05, 4.69) is 47.5 Å². The third-order valence-corrected chi connectivity index (χ3v) is 3.04. The first-order valence-corrected chi connectivity index (χ1v) is 5.92. The summed E-state index contributed by atoms with van der Waals surface area (Å²) in [5.41, 5.74) is 2.48. The lowest BCUT2D eigenvalue weighted by atomic mass is 10.1. The Morgan fingerprint density at radius 2 is 2.18 bits per heavy atom. The summed E-state index contributed by atoms with van der Waals surface area (Å²) in [5, 5.41) is 7.40. The van der Waals surface area contributed by atoms with Crippen molar-refractivity contribution in [1.82, 2.24) is 10.1 Å². The zero-order valence-electron chi connectivity index (χ0n) is 9.97.